The van der Waals surface area contributed by atoms with E-state index < -0.39 is 10.0 Å². The Morgan fingerprint density at radius 1 is 0.953 bits per heavy atom. The Labute approximate surface area is 250 Å². The summed E-state index contributed by atoms with van der Waals surface area (Å²) in [6.45, 7) is 3.28. The van der Waals surface area contributed by atoms with Crippen molar-refractivity contribution in [3.05, 3.63) is 107 Å². The van der Waals surface area contributed by atoms with Crippen LogP contribution in [0.4, 0.5) is 17.1 Å². The first kappa shape index (κ1) is 28.4. The summed E-state index contributed by atoms with van der Waals surface area (Å²) in [6.07, 6.45) is 4.49. The van der Waals surface area contributed by atoms with Crippen LogP contribution in [0, 0.1) is 0 Å². The van der Waals surface area contributed by atoms with Crippen molar-refractivity contribution >= 4 is 38.9 Å². The molecule has 2 aromatic heterocycles. The summed E-state index contributed by atoms with van der Waals surface area (Å²) in [7, 11) is -3.61. The molecule has 4 heterocycles. The van der Waals surface area contributed by atoms with E-state index in [0.717, 1.165) is 28.8 Å². The standard InChI is InChI=1S/C31H32N6O5S/c1-43(40,41)34-26-17-23(8-10-28(26)35-13-15-42-16-14-35)31(39)37-21-25-9-11-29(30(38)33-19-22-5-4-12-32-18-22)36(25)20-24-6-2-3-7-27(24)37/h2-12,17-18,34H,13-16,19-21H2,1H3,(H,33,38). The number of pyridine rings is 1. The molecule has 222 valence electrons. The number of morpholine rings is 1. The smallest absolute Gasteiger partial charge is 0.268 e. The SMILES string of the molecule is CS(=O)(=O)Nc1cc(C(=O)N2Cc3ccc(C(=O)NCc4cccnc4)n3Cc3ccccc32)ccc1N1CCOCC1. The molecule has 0 radical (unpaired) electrons. The zero-order valence-corrected chi connectivity index (χ0v) is 24.5. The number of sulfonamides is 1. The van der Waals surface area contributed by atoms with Crippen molar-refractivity contribution < 1.29 is 22.7 Å². The average molecular weight is 601 g/mol. The van der Waals surface area contributed by atoms with Gasteiger partial charge in [-0.05, 0) is 53.6 Å². The second-order valence-electron chi connectivity index (χ2n) is 10.6. The molecule has 2 aliphatic rings. The topological polar surface area (TPSA) is 126 Å². The van der Waals surface area contributed by atoms with E-state index in [1.165, 1.54) is 0 Å². The van der Waals surface area contributed by atoms with E-state index in [9.17, 15) is 18.0 Å². The molecule has 0 unspecified atom stereocenters. The fraction of sp³-hybridized carbons (Fsp3) is 0.258. The van der Waals surface area contributed by atoms with E-state index in [0.29, 0.717) is 62.0 Å². The number of carbonyl (C=O) groups is 2. The molecule has 43 heavy (non-hydrogen) atoms. The lowest BCUT2D eigenvalue weighted by Gasteiger charge is -2.31. The van der Waals surface area contributed by atoms with Crippen molar-refractivity contribution in [1.82, 2.24) is 14.9 Å². The minimum atomic E-state index is -3.61. The van der Waals surface area contributed by atoms with Crippen LogP contribution in [-0.2, 0) is 34.4 Å². The van der Waals surface area contributed by atoms with Crippen LogP contribution in [0.2, 0.25) is 0 Å². The number of hydrogen-bond donors (Lipinski definition) is 2. The molecular weight excluding hydrogens is 568 g/mol. The Morgan fingerprint density at radius 3 is 2.53 bits per heavy atom. The number of nitrogens with one attached hydrogen (secondary N) is 2. The molecule has 2 aliphatic heterocycles. The van der Waals surface area contributed by atoms with Crippen LogP contribution in [0.15, 0.2) is 79.1 Å². The first-order chi connectivity index (χ1) is 20.8. The molecule has 12 heteroatoms. The molecular formula is C31H32N6O5S. The van der Waals surface area contributed by atoms with Gasteiger partial charge in [0.2, 0.25) is 10.0 Å². The largest absolute Gasteiger partial charge is 0.378 e. The number of fused-ring (bicyclic) bond motifs is 2. The van der Waals surface area contributed by atoms with Crippen molar-refractivity contribution in [2.45, 2.75) is 19.6 Å². The van der Waals surface area contributed by atoms with E-state index in [2.05, 4.69) is 15.0 Å². The highest BCUT2D eigenvalue weighted by molar-refractivity contribution is 7.92. The first-order valence-electron chi connectivity index (χ1n) is 14.0. The molecule has 1 fully saturated rings. The third kappa shape index (κ3) is 6.25. The Kier molecular flexibility index (Phi) is 7.87. The van der Waals surface area contributed by atoms with Gasteiger partial charge >= 0.3 is 0 Å². The summed E-state index contributed by atoms with van der Waals surface area (Å²) in [6, 6.07) is 20.1. The number of aromatic nitrogens is 2. The number of anilines is 3. The zero-order valence-electron chi connectivity index (χ0n) is 23.7. The number of carbonyl (C=O) groups excluding carboxylic acids is 2. The molecule has 0 atom stereocenters. The molecule has 0 spiro atoms. The number of amides is 2. The second kappa shape index (κ2) is 11.9. The van der Waals surface area contributed by atoms with E-state index in [1.54, 1.807) is 41.6 Å². The maximum Gasteiger partial charge on any atom is 0.268 e. The van der Waals surface area contributed by atoms with Crippen LogP contribution in [-0.4, -0.2) is 62.3 Å². The minimum Gasteiger partial charge on any atom is -0.378 e. The van der Waals surface area contributed by atoms with Gasteiger partial charge in [-0.25, -0.2) is 8.42 Å². The lowest BCUT2D eigenvalue weighted by molar-refractivity contribution is 0.0941. The maximum absolute atomic E-state index is 14.2. The van der Waals surface area contributed by atoms with Crippen LogP contribution in [0.1, 0.15) is 37.7 Å². The van der Waals surface area contributed by atoms with Gasteiger partial charge in [-0.1, -0.05) is 24.3 Å². The van der Waals surface area contributed by atoms with Crippen LogP contribution in [0.3, 0.4) is 0 Å². The Bertz CT molecular complexity index is 1770. The van der Waals surface area contributed by atoms with Gasteiger partial charge in [-0.15, -0.1) is 0 Å². The Balaban J connectivity index is 1.32. The lowest BCUT2D eigenvalue weighted by atomic mass is 10.1. The number of para-hydroxylation sites is 1. The van der Waals surface area contributed by atoms with Gasteiger partial charge in [0.1, 0.15) is 5.69 Å². The van der Waals surface area contributed by atoms with Gasteiger partial charge in [-0.2, -0.15) is 0 Å². The van der Waals surface area contributed by atoms with Crippen molar-refractivity contribution in [2.75, 3.05) is 47.1 Å². The summed E-state index contributed by atoms with van der Waals surface area (Å²) in [5.41, 5.74) is 5.18. The number of benzene rings is 2. The molecule has 6 rings (SSSR count). The molecule has 11 nitrogen and oxygen atoms in total. The minimum absolute atomic E-state index is 0.220. The van der Waals surface area contributed by atoms with E-state index in [-0.39, 0.29) is 18.4 Å². The molecule has 0 aliphatic carbocycles. The van der Waals surface area contributed by atoms with E-state index >= 15 is 0 Å². The molecule has 1 saturated heterocycles. The van der Waals surface area contributed by atoms with Crippen LogP contribution in [0.25, 0.3) is 0 Å². The van der Waals surface area contributed by atoms with Gasteiger partial charge in [0.25, 0.3) is 11.8 Å². The number of hydrogen-bond acceptors (Lipinski definition) is 7. The average Bonchev–Trinajstić information content (AvgIpc) is 3.32. The molecule has 2 amide bonds. The molecule has 0 saturated carbocycles. The summed E-state index contributed by atoms with van der Waals surface area (Å²) in [5.74, 6) is -0.502. The van der Waals surface area contributed by atoms with Crippen molar-refractivity contribution in [3.8, 4) is 0 Å². The highest BCUT2D eigenvalue weighted by Gasteiger charge is 2.28. The van der Waals surface area contributed by atoms with Gasteiger partial charge in [0, 0.05) is 49.0 Å². The summed E-state index contributed by atoms with van der Waals surface area (Å²) in [5, 5.41) is 2.96. The Morgan fingerprint density at radius 2 is 1.77 bits per heavy atom. The first-order valence-corrected chi connectivity index (χ1v) is 15.9. The number of nitrogens with zero attached hydrogens (tertiary/aromatic N) is 4. The summed E-state index contributed by atoms with van der Waals surface area (Å²) < 4.78 is 34.5. The quantitative estimate of drug-likeness (QED) is 0.334. The van der Waals surface area contributed by atoms with Crippen LogP contribution < -0.4 is 19.8 Å². The third-order valence-electron chi connectivity index (χ3n) is 7.55. The van der Waals surface area contributed by atoms with Gasteiger partial charge in [0.05, 0.1) is 43.9 Å². The zero-order chi connectivity index (χ0) is 30.0. The highest BCUT2D eigenvalue weighted by Crippen LogP contribution is 2.33. The van der Waals surface area contributed by atoms with Crippen LogP contribution >= 0.6 is 0 Å². The monoisotopic (exact) mass is 600 g/mol. The fourth-order valence-corrected chi connectivity index (χ4v) is 6.06. The summed E-state index contributed by atoms with van der Waals surface area (Å²) in [4.78, 5) is 35.2. The lowest BCUT2D eigenvalue weighted by Crippen LogP contribution is -2.37. The van der Waals surface area contributed by atoms with E-state index in [1.807, 2.05) is 51.9 Å². The van der Waals surface area contributed by atoms with Gasteiger partial charge in [0.15, 0.2) is 0 Å². The molecule has 4 aromatic rings. The van der Waals surface area contributed by atoms with Crippen molar-refractivity contribution in [1.29, 1.82) is 0 Å². The molecule has 0 bridgehead atoms. The van der Waals surface area contributed by atoms with E-state index in [4.69, 9.17) is 4.74 Å². The third-order valence-corrected chi connectivity index (χ3v) is 8.14. The normalized spacial score (nSPS) is 14.8. The van der Waals surface area contributed by atoms with Crippen molar-refractivity contribution in [3.63, 3.8) is 0 Å². The number of rotatable bonds is 7. The van der Waals surface area contributed by atoms with Crippen LogP contribution in [0.5, 0.6) is 0 Å². The van der Waals surface area contributed by atoms with Gasteiger partial charge < -0.3 is 24.4 Å². The van der Waals surface area contributed by atoms with Crippen molar-refractivity contribution in [2.24, 2.45) is 0 Å². The van der Waals surface area contributed by atoms with Gasteiger partial charge in [-0.3, -0.25) is 19.3 Å². The number of ether oxygens (including phenoxy) is 1. The predicted octanol–water partition coefficient (Wildman–Crippen LogP) is 3.23. The fourth-order valence-electron chi connectivity index (χ4n) is 5.50. The Hall–Kier alpha value is -4.68. The maximum atomic E-state index is 14.2. The molecule has 2 aromatic carbocycles. The summed E-state index contributed by atoms with van der Waals surface area (Å²) >= 11 is 0. The predicted molar refractivity (Wildman–Crippen MR) is 164 cm³/mol. The second-order valence-corrected chi connectivity index (χ2v) is 12.3. The highest BCUT2D eigenvalue weighted by atomic mass is 32.2. The molecule has 2 N–H and O–H groups in total.